The average molecular weight is 223 g/mol. The Hall–Kier alpha value is -2.09. The first kappa shape index (κ1) is 10.1. The van der Waals surface area contributed by atoms with Gasteiger partial charge in [0.2, 0.25) is 0 Å². The molecular formula is C15H13NO. The first-order chi connectivity index (χ1) is 8.38. The normalized spacial score (nSPS) is 17.1. The van der Waals surface area contributed by atoms with Crippen LogP contribution in [0.3, 0.4) is 0 Å². The minimum Gasteiger partial charge on any atom is -0.399 e. The molecule has 2 aliphatic carbocycles. The molecule has 0 saturated carbocycles. The van der Waals surface area contributed by atoms with Crippen molar-refractivity contribution in [2.45, 2.75) is 6.42 Å². The van der Waals surface area contributed by atoms with Gasteiger partial charge in [0.15, 0.2) is 0 Å². The quantitative estimate of drug-likeness (QED) is 0.557. The zero-order valence-electron chi connectivity index (χ0n) is 9.68. The van der Waals surface area contributed by atoms with Crippen LogP contribution in [0.15, 0.2) is 58.3 Å². The molecule has 0 bridgehead atoms. The van der Waals surface area contributed by atoms with Crippen molar-refractivity contribution >= 4 is 12.3 Å². The highest BCUT2D eigenvalue weighted by atomic mass is 16.6. The van der Waals surface area contributed by atoms with Crippen molar-refractivity contribution in [1.29, 1.82) is 0 Å². The van der Waals surface area contributed by atoms with Gasteiger partial charge >= 0.3 is 0 Å². The van der Waals surface area contributed by atoms with Gasteiger partial charge in [0.05, 0.1) is 6.21 Å². The van der Waals surface area contributed by atoms with Crippen LogP contribution < -0.4 is 0 Å². The Morgan fingerprint density at radius 2 is 2.12 bits per heavy atom. The predicted octanol–water partition coefficient (Wildman–Crippen LogP) is 3.12. The highest BCUT2D eigenvalue weighted by Gasteiger charge is 2.19. The zero-order chi connectivity index (χ0) is 11.7. The molecule has 0 radical (unpaired) electrons. The highest BCUT2D eigenvalue weighted by molar-refractivity contribution is 5.90. The molecule has 0 amide bonds. The molecule has 0 aromatic heterocycles. The number of hydrogen-bond acceptors (Lipinski definition) is 2. The van der Waals surface area contributed by atoms with Gasteiger partial charge in [-0.2, -0.15) is 0 Å². The maximum absolute atomic E-state index is 4.73. The van der Waals surface area contributed by atoms with Gasteiger partial charge in [0, 0.05) is 5.57 Å². The molecular weight excluding hydrogens is 210 g/mol. The topological polar surface area (TPSA) is 21.6 Å². The summed E-state index contributed by atoms with van der Waals surface area (Å²) in [5.41, 5.74) is 6.47. The van der Waals surface area contributed by atoms with E-state index in [1.165, 1.54) is 22.3 Å². The molecule has 0 saturated heterocycles. The summed E-state index contributed by atoms with van der Waals surface area (Å²) >= 11 is 0. The lowest BCUT2D eigenvalue weighted by atomic mass is 9.88. The van der Waals surface area contributed by atoms with Gasteiger partial charge in [0.1, 0.15) is 7.11 Å². The first-order valence-corrected chi connectivity index (χ1v) is 5.66. The molecule has 0 unspecified atom stereocenters. The van der Waals surface area contributed by atoms with Crippen molar-refractivity contribution in [3.63, 3.8) is 0 Å². The van der Waals surface area contributed by atoms with E-state index < -0.39 is 0 Å². The molecule has 0 heterocycles. The van der Waals surface area contributed by atoms with Crippen molar-refractivity contribution in [3.05, 3.63) is 64.3 Å². The van der Waals surface area contributed by atoms with Crippen molar-refractivity contribution in [2.24, 2.45) is 5.16 Å². The lowest BCUT2D eigenvalue weighted by Gasteiger charge is -2.16. The first-order valence-electron chi connectivity index (χ1n) is 5.66. The van der Waals surface area contributed by atoms with Gasteiger partial charge in [-0.05, 0) is 34.8 Å². The van der Waals surface area contributed by atoms with E-state index in [4.69, 9.17) is 4.84 Å². The third-order valence-electron chi connectivity index (χ3n) is 3.17. The van der Waals surface area contributed by atoms with E-state index in [1.54, 1.807) is 13.3 Å². The number of rotatable bonds is 2. The Bertz CT molecular complexity index is 576. The summed E-state index contributed by atoms with van der Waals surface area (Å²) in [6, 6.07) is 8.51. The fourth-order valence-electron chi connectivity index (χ4n) is 2.31. The van der Waals surface area contributed by atoms with Crippen LogP contribution in [0.1, 0.15) is 11.1 Å². The summed E-state index contributed by atoms with van der Waals surface area (Å²) in [5.74, 6) is 0. The summed E-state index contributed by atoms with van der Waals surface area (Å²) in [6.07, 6.45) is 9.22. The Morgan fingerprint density at radius 3 is 3.00 bits per heavy atom. The third-order valence-corrected chi connectivity index (χ3v) is 3.17. The largest absolute Gasteiger partial charge is 0.399 e. The number of oxime groups is 1. The summed E-state index contributed by atoms with van der Waals surface area (Å²) < 4.78 is 0. The van der Waals surface area contributed by atoms with Crippen molar-refractivity contribution in [3.8, 4) is 0 Å². The highest BCUT2D eigenvalue weighted by Crippen LogP contribution is 2.34. The van der Waals surface area contributed by atoms with Crippen LogP contribution in [0.4, 0.5) is 0 Å². The van der Waals surface area contributed by atoms with Crippen LogP contribution in [0.5, 0.6) is 0 Å². The number of hydrogen-bond donors (Lipinski definition) is 0. The van der Waals surface area contributed by atoms with Gasteiger partial charge in [-0.15, -0.1) is 0 Å². The summed E-state index contributed by atoms with van der Waals surface area (Å²) in [5, 5.41) is 3.84. The molecule has 3 rings (SSSR count). The molecule has 0 spiro atoms. The van der Waals surface area contributed by atoms with E-state index in [-0.39, 0.29) is 0 Å². The fraction of sp³-hybridized carbons (Fsp3) is 0.133. The summed E-state index contributed by atoms with van der Waals surface area (Å²) in [7, 11) is 1.56. The van der Waals surface area contributed by atoms with Gasteiger partial charge in [-0.25, -0.2) is 0 Å². The summed E-state index contributed by atoms with van der Waals surface area (Å²) in [6.45, 7) is 0. The Balaban J connectivity index is 2.05. The Kier molecular flexibility index (Phi) is 2.41. The molecule has 1 aromatic rings. The van der Waals surface area contributed by atoms with Crippen LogP contribution in [0, 0.1) is 0 Å². The smallest absolute Gasteiger partial charge is 0.106 e. The second-order valence-electron chi connectivity index (χ2n) is 4.16. The molecule has 0 aliphatic heterocycles. The standard InChI is InChI=1S/C15H13NO/c1-17-16-10-14-7-6-13-8-11-4-2-3-5-12(11)9-15(13)14/h2-8,10H,9H2,1H3. The van der Waals surface area contributed by atoms with E-state index in [0.717, 1.165) is 12.0 Å². The maximum Gasteiger partial charge on any atom is 0.106 e. The van der Waals surface area contributed by atoms with Gasteiger partial charge in [0.25, 0.3) is 0 Å². The summed E-state index contributed by atoms with van der Waals surface area (Å²) in [4.78, 5) is 4.73. The van der Waals surface area contributed by atoms with Crippen LogP contribution in [-0.4, -0.2) is 13.3 Å². The monoisotopic (exact) mass is 223 g/mol. The second kappa shape index (κ2) is 4.06. The van der Waals surface area contributed by atoms with Gasteiger partial charge in [-0.1, -0.05) is 41.6 Å². The van der Waals surface area contributed by atoms with Crippen LogP contribution >= 0.6 is 0 Å². The van der Waals surface area contributed by atoms with E-state index in [2.05, 4.69) is 47.6 Å². The van der Waals surface area contributed by atoms with E-state index in [9.17, 15) is 0 Å². The molecule has 17 heavy (non-hydrogen) atoms. The third kappa shape index (κ3) is 1.72. The Labute approximate surface area is 101 Å². The van der Waals surface area contributed by atoms with Crippen molar-refractivity contribution in [1.82, 2.24) is 0 Å². The molecule has 2 heteroatoms. The molecule has 0 fully saturated rings. The lowest BCUT2D eigenvalue weighted by molar-refractivity contribution is 0.215. The minimum absolute atomic E-state index is 0.972. The van der Waals surface area contributed by atoms with Gasteiger partial charge in [-0.3, -0.25) is 0 Å². The fourth-order valence-corrected chi connectivity index (χ4v) is 2.31. The van der Waals surface area contributed by atoms with E-state index in [1.807, 2.05) is 0 Å². The number of fused-ring (bicyclic) bond motifs is 2. The van der Waals surface area contributed by atoms with Crippen molar-refractivity contribution in [2.75, 3.05) is 7.11 Å². The zero-order valence-corrected chi connectivity index (χ0v) is 9.68. The van der Waals surface area contributed by atoms with Crippen molar-refractivity contribution < 1.29 is 4.84 Å². The SMILES string of the molecule is CON=CC1=C2Cc3ccccc3C=C2C=C1. The van der Waals surface area contributed by atoms with E-state index >= 15 is 0 Å². The molecule has 0 atom stereocenters. The molecule has 0 N–H and O–H groups in total. The maximum atomic E-state index is 4.73. The van der Waals surface area contributed by atoms with E-state index in [0.29, 0.717) is 0 Å². The molecule has 2 nitrogen and oxygen atoms in total. The van der Waals surface area contributed by atoms with Crippen LogP contribution in [0.2, 0.25) is 0 Å². The average Bonchev–Trinajstić information content (AvgIpc) is 2.76. The number of benzene rings is 1. The molecule has 2 aliphatic rings. The molecule has 1 aromatic carbocycles. The number of nitrogens with zero attached hydrogens (tertiary/aromatic N) is 1. The minimum atomic E-state index is 0.972. The van der Waals surface area contributed by atoms with Crippen LogP contribution in [-0.2, 0) is 11.3 Å². The molecule has 84 valence electrons. The lowest BCUT2D eigenvalue weighted by Crippen LogP contribution is -2.02. The van der Waals surface area contributed by atoms with Crippen LogP contribution in [0.25, 0.3) is 6.08 Å². The predicted molar refractivity (Wildman–Crippen MR) is 69.8 cm³/mol. The number of allylic oxidation sites excluding steroid dienone is 5. The second-order valence-corrected chi connectivity index (χ2v) is 4.16. The Morgan fingerprint density at radius 1 is 1.24 bits per heavy atom. The van der Waals surface area contributed by atoms with Gasteiger partial charge < -0.3 is 4.84 Å².